The second kappa shape index (κ2) is 6.64. The van der Waals surface area contributed by atoms with Crippen molar-refractivity contribution in [3.8, 4) is 0 Å². The van der Waals surface area contributed by atoms with E-state index in [2.05, 4.69) is 5.16 Å². The Balaban J connectivity index is 1.54. The summed E-state index contributed by atoms with van der Waals surface area (Å²) in [6.07, 6.45) is 0.400. The number of benzene rings is 1. The predicted molar refractivity (Wildman–Crippen MR) is 83.9 cm³/mol. The van der Waals surface area contributed by atoms with Crippen molar-refractivity contribution in [2.24, 2.45) is 0 Å². The van der Waals surface area contributed by atoms with Crippen LogP contribution in [-0.4, -0.2) is 52.9 Å². The van der Waals surface area contributed by atoms with E-state index in [-0.39, 0.29) is 11.8 Å². The van der Waals surface area contributed by atoms with Crippen molar-refractivity contribution < 1.29 is 14.1 Å². The van der Waals surface area contributed by atoms with Gasteiger partial charge in [-0.05, 0) is 12.5 Å². The minimum Gasteiger partial charge on any atom is -0.361 e. The molecule has 0 aliphatic carbocycles. The van der Waals surface area contributed by atoms with Crippen molar-refractivity contribution in [2.45, 2.75) is 13.3 Å². The third-order valence-corrected chi connectivity index (χ3v) is 3.96. The van der Waals surface area contributed by atoms with Crippen LogP contribution in [0.15, 0.2) is 40.9 Å². The number of amides is 2. The molecule has 0 spiro atoms. The monoisotopic (exact) mass is 313 g/mol. The maximum Gasteiger partial charge on any atom is 0.276 e. The van der Waals surface area contributed by atoms with Crippen LogP contribution in [0.5, 0.6) is 0 Å². The Labute approximate surface area is 134 Å². The molecule has 2 aromatic rings. The Hall–Kier alpha value is -2.63. The average Bonchev–Trinajstić information content (AvgIpc) is 3.02. The molecule has 0 unspecified atom stereocenters. The lowest BCUT2D eigenvalue weighted by atomic mass is 10.1. The number of carbonyl (C=O) groups excluding carboxylic acids is 2. The number of hydrogen-bond acceptors (Lipinski definition) is 4. The highest BCUT2D eigenvalue weighted by Crippen LogP contribution is 2.11. The first kappa shape index (κ1) is 15.3. The van der Waals surface area contributed by atoms with Gasteiger partial charge in [0.25, 0.3) is 5.91 Å². The molecule has 1 aliphatic rings. The summed E-state index contributed by atoms with van der Waals surface area (Å²) in [6.45, 7) is 3.89. The molecule has 3 rings (SSSR count). The van der Waals surface area contributed by atoms with E-state index >= 15 is 0 Å². The van der Waals surface area contributed by atoms with Crippen molar-refractivity contribution in [2.75, 3.05) is 26.2 Å². The number of aromatic nitrogens is 1. The van der Waals surface area contributed by atoms with Crippen LogP contribution >= 0.6 is 0 Å². The largest absolute Gasteiger partial charge is 0.361 e. The second-order valence-electron chi connectivity index (χ2n) is 5.66. The highest BCUT2D eigenvalue weighted by molar-refractivity contribution is 5.92. The van der Waals surface area contributed by atoms with E-state index in [1.807, 2.05) is 35.2 Å². The number of nitrogens with zero attached hydrogens (tertiary/aromatic N) is 3. The van der Waals surface area contributed by atoms with Crippen molar-refractivity contribution in [1.29, 1.82) is 0 Å². The van der Waals surface area contributed by atoms with E-state index < -0.39 is 0 Å². The summed E-state index contributed by atoms with van der Waals surface area (Å²) in [4.78, 5) is 28.1. The smallest absolute Gasteiger partial charge is 0.276 e. The highest BCUT2D eigenvalue weighted by Gasteiger charge is 2.26. The molecule has 1 aromatic heterocycles. The van der Waals surface area contributed by atoms with Crippen LogP contribution < -0.4 is 0 Å². The Morgan fingerprint density at radius 1 is 1.09 bits per heavy atom. The van der Waals surface area contributed by atoms with Gasteiger partial charge in [0, 0.05) is 32.2 Å². The molecule has 0 saturated carbocycles. The minimum absolute atomic E-state index is 0.0978. The van der Waals surface area contributed by atoms with Crippen LogP contribution in [0.25, 0.3) is 0 Å². The van der Waals surface area contributed by atoms with Crippen molar-refractivity contribution in [1.82, 2.24) is 15.0 Å². The first-order valence-corrected chi connectivity index (χ1v) is 7.68. The van der Waals surface area contributed by atoms with Crippen LogP contribution in [0.1, 0.15) is 21.8 Å². The van der Waals surface area contributed by atoms with Gasteiger partial charge in [-0.2, -0.15) is 0 Å². The van der Waals surface area contributed by atoms with E-state index in [1.54, 1.807) is 17.9 Å². The second-order valence-corrected chi connectivity index (χ2v) is 5.66. The molecule has 0 atom stereocenters. The summed E-state index contributed by atoms with van der Waals surface area (Å²) in [6, 6.07) is 11.3. The summed E-state index contributed by atoms with van der Waals surface area (Å²) < 4.78 is 4.94. The molecule has 0 bridgehead atoms. The molecule has 1 fully saturated rings. The van der Waals surface area contributed by atoms with Gasteiger partial charge in [-0.1, -0.05) is 35.5 Å². The number of aryl methyl sites for hydroxylation is 1. The van der Waals surface area contributed by atoms with Crippen LogP contribution in [0, 0.1) is 6.92 Å². The van der Waals surface area contributed by atoms with Crippen molar-refractivity contribution >= 4 is 11.8 Å². The normalized spacial score (nSPS) is 14.8. The van der Waals surface area contributed by atoms with Crippen molar-refractivity contribution in [3.63, 3.8) is 0 Å². The van der Waals surface area contributed by atoms with Crippen LogP contribution in [-0.2, 0) is 11.2 Å². The fourth-order valence-corrected chi connectivity index (χ4v) is 2.67. The standard InChI is InChI=1S/C17H19N3O3/c1-13-11-15(18-23-13)17(22)20-9-7-19(8-10-20)16(21)12-14-5-3-2-4-6-14/h2-6,11H,7-10,12H2,1H3. The molecule has 1 aliphatic heterocycles. The third-order valence-electron chi connectivity index (χ3n) is 3.96. The molecular formula is C17H19N3O3. The topological polar surface area (TPSA) is 66.7 Å². The summed E-state index contributed by atoms with van der Waals surface area (Å²) in [5, 5.41) is 3.75. The van der Waals surface area contributed by atoms with E-state index in [0.717, 1.165) is 5.56 Å². The van der Waals surface area contributed by atoms with Gasteiger partial charge in [-0.15, -0.1) is 0 Å². The summed E-state index contributed by atoms with van der Waals surface area (Å²) in [7, 11) is 0. The molecule has 1 saturated heterocycles. The Morgan fingerprint density at radius 3 is 2.35 bits per heavy atom. The molecule has 23 heavy (non-hydrogen) atoms. The van der Waals surface area contributed by atoms with Gasteiger partial charge in [-0.3, -0.25) is 9.59 Å². The molecule has 0 radical (unpaired) electrons. The van der Waals surface area contributed by atoms with Gasteiger partial charge in [0.05, 0.1) is 6.42 Å². The Kier molecular flexibility index (Phi) is 4.41. The zero-order valence-electron chi connectivity index (χ0n) is 13.1. The summed E-state index contributed by atoms with van der Waals surface area (Å²) >= 11 is 0. The average molecular weight is 313 g/mol. The number of carbonyl (C=O) groups is 2. The predicted octanol–water partition coefficient (Wildman–Crippen LogP) is 1.51. The fourth-order valence-electron chi connectivity index (χ4n) is 2.67. The summed E-state index contributed by atoms with van der Waals surface area (Å²) in [5.41, 5.74) is 1.33. The van der Waals surface area contributed by atoms with Gasteiger partial charge < -0.3 is 14.3 Å². The van der Waals surface area contributed by atoms with Crippen LogP contribution in [0.3, 0.4) is 0 Å². The molecule has 2 amide bonds. The molecule has 2 heterocycles. The Morgan fingerprint density at radius 2 is 1.74 bits per heavy atom. The number of hydrogen-bond donors (Lipinski definition) is 0. The van der Waals surface area contributed by atoms with E-state index in [0.29, 0.717) is 44.1 Å². The number of rotatable bonds is 3. The SMILES string of the molecule is Cc1cc(C(=O)N2CCN(C(=O)Cc3ccccc3)CC2)no1. The quantitative estimate of drug-likeness (QED) is 0.861. The first-order valence-electron chi connectivity index (χ1n) is 7.68. The van der Waals surface area contributed by atoms with Crippen LogP contribution in [0.2, 0.25) is 0 Å². The maximum atomic E-state index is 12.3. The lowest BCUT2D eigenvalue weighted by Gasteiger charge is -2.34. The van der Waals surface area contributed by atoms with E-state index in [4.69, 9.17) is 4.52 Å². The van der Waals surface area contributed by atoms with E-state index in [9.17, 15) is 9.59 Å². The number of piperazine rings is 1. The molecular weight excluding hydrogens is 294 g/mol. The lowest BCUT2D eigenvalue weighted by Crippen LogP contribution is -2.51. The fraction of sp³-hybridized carbons (Fsp3) is 0.353. The minimum atomic E-state index is -0.142. The van der Waals surface area contributed by atoms with Gasteiger partial charge in [0.1, 0.15) is 5.76 Å². The highest BCUT2D eigenvalue weighted by atomic mass is 16.5. The molecule has 0 N–H and O–H groups in total. The summed E-state index contributed by atoms with van der Waals surface area (Å²) in [5.74, 6) is 0.572. The Bertz CT molecular complexity index is 688. The van der Waals surface area contributed by atoms with Gasteiger partial charge in [0.15, 0.2) is 5.69 Å². The third kappa shape index (κ3) is 3.59. The van der Waals surface area contributed by atoms with Crippen LogP contribution in [0.4, 0.5) is 0 Å². The van der Waals surface area contributed by atoms with Gasteiger partial charge >= 0.3 is 0 Å². The molecule has 120 valence electrons. The van der Waals surface area contributed by atoms with Crippen molar-refractivity contribution in [3.05, 3.63) is 53.4 Å². The molecule has 6 heteroatoms. The van der Waals surface area contributed by atoms with E-state index in [1.165, 1.54) is 0 Å². The molecule has 1 aromatic carbocycles. The first-order chi connectivity index (χ1) is 11.1. The zero-order valence-corrected chi connectivity index (χ0v) is 13.1. The maximum absolute atomic E-state index is 12.3. The molecule has 6 nitrogen and oxygen atoms in total. The van der Waals surface area contributed by atoms with Gasteiger partial charge in [-0.25, -0.2) is 0 Å². The lowest BCUT2D eigenvalue weighted by molar-refractivity contribution is -0.131. The van der Waals surface area contributed by atoms with Gasteiger partial charge in [0.2, 0.25) is 5.91 Å². The zero-order chi connectivity index (χ0) is 16.2.